The van der Waals surface area contributed by atoms with E-state index in [0.29, 0.717) is 12.7 Å². The van der Waals surface area contributed by atoms with Crippen molar-refractivity contribution < 1.29 is 26.7 Å². The number of rotatable bonds is 5. The molecule has 28 heavy (non-hydrogen) atoms. The fourth-order valence-corrected chi connectivity index (χ4v) is 4.42. The number of carbonyl (C=O) groups is 1. The summed E-state index contributed by atoms with van der Waals surface area (Å²) in [5.74, 6) is -1.97. The maximum absolute atomic E-state index is 13.9. The number of piperazine rings is 1. The van der Waals surface area contributed by atoms with Gasteiger partial charge in [-0.05, 0) is 37.3 Å². The molecule has 7 nitrogen and oxygen atoms in total. The van der Waals surface area contributed by atoms with Crippen molar-refractivity contribution in [1.82, 2.24) is 14.2 Å². The second-order valence-electron chi connectivity index (χ2n) is 6.06. The number of sulfonamides is 1. The minimum atomic E-state index is -4.20. The first-order valence-electron chi connectivity index (χ1n) is 8.67. The van der Waals surface area contributed by atoms with Crippen LogP contribution < -0.4 is 4.74 Å². The van der Waals surface area contributed by atoms with Gasteiger partial charge in [-0.15, -0.1) is 0 Å². The lowest BCUT2D eigenvalue weighted by Crippen LogP contribution is -2.50. The van der Waals surface area contributed by atoms with Gasteiger partial charge >= 0.3 is 0 Å². The molecule has 3 rings (SSSR count). The molecule has 1 aromatic heterocycles. The second kappa shape index (κ2) is 8.19. The van der Waals surface area contributed by atoms with Crippen molar-refractivity contribution in [2.45, 2.75) is 11.8 Å². The molecule has 1 aromatic carbocycles. The summed E-state index contributed by atoms with van der Waals surface area (Å²) in [6.07, 6.45) is 1.51. The standard InChI is InChI=1S/C18H19F2N3O4S/c1-2-27-17-14(4-3-7-21-17)18(24)22-8-10-23(11-9-22)28(25,26)16-12-13(19)5-6-15(16)20/h3-7,12H,2,8-11H2,1H3. The normalized spacial score (nSPS) is 15.5. The molecular weight excluding hydrogens is 392 g/mol. The molecule has 0 spiro atoms. The number of halogens is 2. The van der Waals surface area contributed by atoms with Crippen LogP contribution in [0, 0.1) is 11.6 Å². The lowest BCUT2D eigenvalue weighted by Gasteiger charge is -2.34. The fraction of sp³-hybridized carbons (Fsp3) is 0.333. The zero-order chi connectivity index (χ0) is 20.3. The first kappa shape index (κ1) is 20.2. The minimum Gasteiger partial charge on any atom is -0.477 e. The molecule has 1 aliphatic rings. The Labute approximate surface area is 161 Å². The molecule has 10 heteroatoms. The van der Waals surface area contributed by atoms with E-state index in [1.165, 1.54) is 11.1 Å². The summed E-state index contributed by atoms with van der Waals surface area (Å²) in [5.41, 5.74) is 0.289. The number of hydrogen-bond donors (Lipinski definition) is 0. The van der Waals surface area contributed by atoms with Gasteiger partial charge in [0.2, 0.25) is 15.9 Å². The van der Waals surface area contributed by atoms with Crippen LogP contribution in [0.1, 0.15) is 17.3 Å². The first-order valence-corrected chi connectivity index (χ1v) is 10.1. The number of hydrogen-bond acceptors (Lipinski definition) is 5. The lowest BCUT2D eigenvalue weighted by atomic mass is 10.2. The Hall–Kier alpha value is -2.59. The molecule has 150 valence electrons. The van der Waals surface area contributed by atoms with Crippen molar-refractivity contribution >= 4 is 15.9 Å². The van der Waals surface area contributed by atoms with Crippen molar-refractivity contribution in [3.63, 3.8) is 0 Å². The van der Waals surface area contributed by atoms with Gasteiger partial charge in [0.1, 0.15) is 22.1 Å². The van der Waals surface area contributed by atoms with E-state index in [4.69, 9.17) is 4.74 Å². The van der Waals surface area contributed by atoms with Crippen molar-refractivity contribution in [2.24, 2.45) is 0 Å². The average Bonchev–Trinajstić information content (AvgIpc) is 2.70. The van der Waals surface area contributed by atoms with Crippen molar-refractivity contribution in [2.75, 3.05) is 32.8 Å². The third-order valence-electron chi connectivity index (χ3n) is 4.32. The number of benzene rings is 1. The predicted octanol–water partition coefficient (Wildman–Crippen LogP) is 1.91. The van der Waals surface area contributed by atoms with Gasteiger partial charge in [0.05, 0.1) is 6.61 Å². The van der Waals surface area contributed by atoms with E-state index >= 15 is 0 Å². The van der Waals surface area contributed by atoms with Gasteiger partial charge < -0.3 is 9.64 Å². The van der Waals surface area contributed by atoms with Gasteiger partial charge in [-0.25, -0.2) is 22.2 Å². The quantitative estimate of drug-likeness (QED) is 0.751. The number of amides is 1. The number of pyridine rings is 1. The smallest absolute Gasteiger partial charge is 0.259 e. The van der Waals surface area contributed by atoms with Gasteiger partial charge in [-0.2, -0.15) is 4.31 Å². The van der Waals surface area contributed by atoms with E-state index in [-0.39, 0.29) is 43.5 Å². The van der Waals surface area contributed by atoms with Crippen LogP contribution in [0.3, 0.4) is 0 Å². The maximum atomic E-state index is 13.9. The summed E-state index contributed by atoms with van der Waals surface area (Å²) in [5, 5.41) is 0. The van der Waals surface area contributed by atoms with E-state index in [9.17, 15) is 22.0 Å². The van der Waals surface area contributed by atoms with Gasteiger partial charge in [-0.3, -0.25) is 4.79 Å². The van der Waals surface area contributed by atoms with Crippen LogP contribution in [0.25, 0.3) is 0 Å². The molecule has 0 saturated carbocycles. The number of carbonyl (C=O) groups excluding carboxylic acids is 1. The highest BCUT2D eigenvalue weighted by Crippen LogP contribution is 2.23. The van der Waals surface area contributed by atoms with Crippen LogP contribution in [0.2, 0.25) is 0 Å². The Kier molecular flexibility index (Phi) is 5.90. The van der Waals surface area contributed by atoms with Crippen LogP contribution in [0.15, 0.2) is 41.4 Å². The number of ether oxygens (including phenoxy) is 1. The van der Waals surface area contributed by atoms with Gasteiger partial charge in [-0.1, -0.05) is 0 Å². The van der Waals surface area contributed by atoms with E-state index in [1.54, 1.807) is 19.1 Å². The molecule has 2 aromatic rings. The van der Waals surface area contributed by atoms with Crippen LogP contribution in [-0.4, -0.2) is 61.3 Å². The Balaban J connectivity index is 1.74. The van der Waals surface area contributed by atoms with Crippen LogP contribution in [0.5, 0.6) is 5.88 Å². The van der Waals surface area contributed by atoms with E-state index in [0.717, 1.165) is 16.4 Å². The first-order chi connectivity index (χ1) is 13.3. The highest BCUT2D eigenvalue weighted by Gasteiger charge is 2.33. The van der Waals surface area contributed by atoms with Crippen LogP contribution in [0.4, 0.5) is 8.78 Å². The topological polar surface area (TPSA) is 79.8 Å². The van der Waals surface area contributed by atoms with E-state index in [2.05, 4.69) is 4.98 Å². The summed E-state index contributed by atoms with van der Waals surface area (Å²) >= 11 is 0. The molecule has 0 bridgehead atoms. The Morgan fingerprint density at radius 1 is 1.18 bits per heavy atom. The Bertz CT molecular complexity index is 977. The Morgan fingerprint density at radius 3 is 2.57 bits per heavy atom. The molecule has 0 radical (unpaired) electrons. The number of nitrogens with zero attached hydrogens (tertiary/aromatic N) is 3. The van der Waals surface area contributed by atoms with Gasteiger partial charge in [0.25, 0.3) is 5.91 Å². The second-order valence-corrected chi connectivity index (χ2v) is 7.97. The molecular formula is C18H19F2N3O4S. The Morgan fingerprint density at radius 2 is 1.89 bits per heavy atom. The molecule has 1 aliphatic heterocycles. The van der Waals surface area contributed by atoms with Gasteiger partial charge in [0.15, 0.2) is 0 Å². The minimum absolute atomic E-state index is 0.0335. The zero-order valence-corrected chi connectivity index (χ0v) is 16.0. The molecule has 0 aliphatic carbocycles. The monoisotopic (exact) mass is 411 g/mol. The largest absolute Gasteiger partial charge is 0.477 e. The highest BCUT2D eigenvalue weighted by molar-refractivity contribution is 7.89. The fourth-order valence-electron chi connectivity index (χ4n) is 2.92. The molecule has 1 amide bonds. The average molecular weight is 411 g/mol. The third kappa shape index (κ3) is 3.97. The zero-order valence-electron chi connectivity index (χ0n) is 15.1. The third-order valence-corrected chi connectivity index (χ3v) is 6.23. The maximum Gasteiger partial charge on any atom is 0.259 e. The molecule has 1 saturated heterocycles. The van der Waals surface area contributed by atoms with Crippen molar-refractivity contribution in [3.8, 4) is 5.88 Å². The molecule has 0 unspecified atom stereocenters. The number of aromatic nitrogens is 1. The van der Waals surface area contributed by atoms with Crippen molar-refractivity contribution in [1.29, 1.82) is 0 Å². The molecule has 0 N–H and O–H groups in total. The molecule has 2 heterocycles. The predicted molar refractivity (Wildman–Crippen MR) is 96.4 cm³/mol. The van der Waals surface area contributed by atoms with E-state index < -0.39 is 26.6 Å². The summed E-state index contributed by atoms with van der Waals surface area (Å²) in [4.78, 5) is 17.6. The van der Waals surface area contributed by atoms with Crippen molar-refractivity contribution in [3.05, 3.63) is 53.7 Å². The lowest BCUT2D eigenvalue weighted by molar-refractivity contribution is 0.0692. The summed E-state index contributed by atoms with van der Waals surface area (Å²) < 4.78 is 59.0. The molecule has 0 atom stereocenters. The summed E-state index contributed by atoms with van der Waals surface area (Å²) in [6.45, 7) is 2.27. The molecule has 1 fully saturated rings. The highest BCUT2D eigenvalue weighted by atomic mass is 32.2. The van der Waals surface area contributed by atoms with Gasteiger partial charge in [0, 0.05) is 32.4 Å². The summed E-state index contributed by atoms with van der Waals surface area (Å²) in [7, 11) is -4.20. The van der Waals surface area contributed by atoms with E-state index in [1.807, 2.05) is 0 Å². The summed E-state index contributed by atoms with van der Waals surface area (Å²) in [6, 6.07) is 5.50. The van der Waals surface area contributed by atoms with Crippen LogP contribution >= 0.6 is 0 Å². The van der Waals surface area contributed by atoms with Crippen LogP contribution in [-0.2, 0) is 10.0 Å². The SMILES string of the molecule is CCOc1ncccc1C(=O)N1CCN(S(=O)(=O)c2cc(F)ccc2F)CC1.